The van der Waals surface area contributed by atoms with Gasteiger partial charge in [0.15, 0.2) is 0 Å². The van der Waals surface area contributed by atoms with E-state index in [4.69, 9.17) is 0 Å². The summed E-state index contributed by atoms with van der Waals surface area (Å²) in [6.07, 6.45) is 0. The van der Waals surface area contributed by atoms with Gasteiger partial charge < -0.3 is 4.43 Å². The van der Waals surface area contributed by atoms with E-state index in [1.54, 1.807) is 0 Å². The molecule has 0 aromatic rings. The first-order chi connectivity index (χ1) is 3.12. The minimum atomic E-state index is -4.39. The molecule has 0 unspecified atom stereocenters. The van der Waals surface area contributed by atoms with Crippen molar-refractivity contribution in [1.29, 1.82) is 0 Å². The largest absolute Gasteiger partial charge is 0.605 e. The Bertz CT molecular complexity index is 73.3. The van der Waals surface area contributed by atoms with Crippen LogP contribution in [0.15, 0.2) is 12.3 Å². The van der Waals surface area contributed by atoms with Crippen molar-refractivity contribution in [2.24, 2.45) is 0 Å². The predicted molar refractivity (Wildman–Crippen MR) is 25.2 cm³/mol. The number of hydrogen-bond donors (Lipinski definition) is 0. The molecule has 0 radical (unpaired) electrons. The van der Waals surface area contributed by atoms with Crippen LogP contribution in [0.3, 0.4) is 0 Å². The Morgan fingerprint density at radius 3 is 2.14 bits per heavy atom. The lowest BCUT2D eigenvalue weighted by molar-refractivity contribution is 0.301. The maximum atomic E-state index is 11.7. The van der Waals surface area contributed by atoms with Gasteiger partial charge in [-0.3, -0.25) is 0 Å². The third-order valence-electron chi connectivity index (χ3n) is 0.510. The molecule has 0 aliphatic carbocycles. The van der Waals surface area contributed by atoms with E-state index in [0.717, 1.165) is 7.11 Å². The lowest BCUT2D eigenvalue weighted by Crippen LogP contribution is -2.21. The van der Waals surface area contributed by atoms with Crippen molar-refractivity contribution in [3.05, 3.63) is 12.3 Å². The maximum Gasteiger partial charge on any atom is 0.605 e. The van der Waals surface area contributed by atoms with Crippen LogP contribution in [0, 0.1) is 0 Å². The zero-order valence-electron chi connectivity index (χ0n) is 3.95. The Balaban J connectivity index is 3.58. The minimum absolute atomic E-state index is 0.576. The van der Waals surface area contributed by atoms with Gasteiger partial charge in [0.05, 0.1) is 0 Å². The number of rotatable bonds is 2. The van der Waals surface area contributed by atoms with Gasteiger partial charge in [-0.15, -0.1) is 0 Å². The van der Waals surface area contributed by atoms with Crippen LogP contribution < -0.4 is 0 Å². The van der Waals surface area contributed by atoms with Crippen LogP contribution >= 0.6 is 0 Å². The smallest absolute Gasteiger partial charge is 0.368 e. The molecule has 4 heteroatoms. The van der Waals surface area contributed by atoms with Crippen LogP contribution in [0.2, 0.25) is 0 Å². The molecular formula is C3H6F2OSi. The summed E-state index contributed by atoms with van der Waals surface area (Å²) < 4.78 is 27.1. The van der Waals surface area contributed by atoms with Crippen LogP contribution in [0.25, 0.3) is 0 Å². The Kier molecular flexibility index (Phi) is 2.11. The van der Waals surface area contributed by atoms with Crippen molar-refractivity contribution in [2.45, 2.75) is 0 Å². The van der Waals surface area contributed by atoms with Gasteiger partial charge in [0, 0.05) is 7.11 Å². The summed E-state index contributed by atoms with van der Waals surface area (Å²) in [6, 6.07) is 0. The summed E-state index contributed by atoms with van der Waals surface area (Å²) in [5, 5.41) is 0. The molecule has 0 saturated heterocycles. The highest BCUT2D eigenvalue weighted by Crippen LogP contribution is 2.06. The standard InChI is InChI=1S/C3H6F2OSi/c1-3-7(4,5)6-2/h3H,1H2,2H3. The molecule has 1 nitrogen and oxygen atoms in total. The summed E-state index contributed by atoms with van der Waals surface area (Å²) in [5.41, 5.74) is 0.576. The van der Waals surface area contributed by atoms with Gasteiger partial charge in [-0.2, -0.15) is 0 Å². The van der Waals surface area contributed by atoms with Crippen LogP contribution in [-0.2, 0) is 4.43 Å². The van der Waals surface area contributed by atoms with Crippen molar-refractivity contribution in [3.8, 4) is 0 Å². The average Bonchev–Trinajstić information content (AvgIpc) is 1.68. The van der Waals surface area contributed by atoms with Crippen molar-refractivity contribution >= 4 is 8.99 Å². The van der Waals surface area contributed by atoms with Crippen LogP contribution in [-0.4, -0.2) is 16.1 Å². The third kappa shape index (κ3) is 2.47. The molecule has 0 atom stereocenters. The summed E-state index contributed by atoms with van der Waals surface area (Å²) in [5.74, 6) is 0. The van der Waals surface area contributed by atoms with E-state index >= 15 is 0 Å². The second kappa shape index (κ2) is 2.18. The monoisotopic (exact) mass is 124 g/mol. The van der Waals surface area contributed by atoms with E-state index in [9.17, 15) is 8.22 Å². The van der Waals surface area contributed by atoms with E-state index in [0.29, 0.717) is 5.70 Å². The van der Waals surface area contributed by atoms with Gasteiger partial charge in [-0.1, -0.05) is 6.58 Å². The highest BCUT2D eigenvalue weighted by molar-refractivity contribution is 6.64. The van der Waals surface area contributed by atoms with Crippen molar-refractivity contribution in [3.63, 3.8) is 0 Å². The zero-order chi connectivity index (χ0) is 5.91. The summed E-state index contributed by atoms with van der Waals surface area (Å²) >= 11 is 0. The van der Waals surface area contributed by atoms with Gasteiger partial charge in [-0.05, 0) is 5.70 Å². The average molecular weight is 124 g/mol. The second-order valence-electron chi connectivity index (χ2n) is 0.970. The zero-order valence-corrected chi connectivity index (χ0v) is 4.95. The predicted octanol–water partition coefficient (Wildman–Crippen LogP) is 1.24. The fourth-order valence-electron chi connectivity index (χ4n) is 0.0833. The number of hydrogen-bond acceptors (Lipinski definition) is 1. The molecular weight excluding hydrogens is 118 g/mol. The van der Waals surface area contributed by atoms with Crippen molar-refractivity contribution in [1.82, 2.24) is 0 Å². The molecule has 42 valence electrons. The molecule has 0 rings (SSSR count). The highest BCUT2D eigenvalue weighted by atomic mass is 28.4. The lowest BCUT2D eigenvalue weighted by atomic mass is 11.3. The van der Waals surface area contributed by atoms with E-state index in [1.165, 1.54) is 0 Å². The van der Waals surface area contributed by atoms with Crippen LogP contribution in [0.1, 0.15) is 0 Å². The molecule has 0 N–H and O–H groups in total. The third-order valence-corrected chi connectivity index (χ3v) is 1.53. The molecule has 0 saturated carbocycles. The second-order valence-corrected chi connectivity index (χ2v) is 2.91. The summed E-state index contributed by atoms with van der Waals surface area (Å²) in [7, 11) is -3.41. The maximum absolute atomic E-state index is 11.7. The fourth-order valence-corrected chi connectivity index (χ4v) is 0.250. The van der Waals surface area contributed by atoms with Crippen molar-refractivity contribution in [2.75, 3.05) is 7.11 Å². The first-order valence-corrected chi connectivity index (χ1v) is 3.43. The first kappa shape index (κ1) is 6.78. The fraction of sp³-hybridized carbons (Fsp3) is 0.333. The van der Waals surface area contributed by atoms with Crippen molar-refractivity contribution < 1.29 is 12.6 Å². The van der Waals surface area contributed by atoms with Crippen LogP contribution in [0.4, 0.5) is 8.22 Å². The Labute approximate surface area is 42.1 Å². The molecule has 0 fully saturated rings. The van der Waals surface area contributed by atoms with Gasteiger partial charge in [-0.25, -0.2) is 8.22 Å². The molecule has 0 aliphatic heterocycles. The molecule has 0 heterocycles. The van der Waals surface area contributed by atoms with E-state index < -0.39 is 8.99 Å². The van der Waals surface area contributed by atoms with Gasteiger partial charge in [0.2, 0.25) is 0 Å². The molecule has 0 bridgehead atoms. The van der Waals surface area contributed by atoms with E-state index in [-0.39, 0.29) is 0 Å². The minimum Gasteiger partial charge on any atom is -0.368 e. The Hall–Kier alpha value is -0.223. The molecule has 0 spiro atoms. The first-order valence-electron chi connectivity index (χ1n) is 1.69. The normalized spacial score (nSPS) is 11.3. The SMILES string of the molecule is C=C[Si](F)(F)OC. The van der Waals surface area contributed by atoms with Gasteiger partial charge >= 0.3 is 8.99 Å². The van der Waals surface area contributed by atoms with E-state index in [1.807, 2.05) is 0 Å². The lowest BCUT2D eigenvalue weighted by Gasteiger charge is -1.99. The topological polar surface area (TPSA) is 9.23 Å². The molecule has 0 aromatic carbocycles. The molecule has 0 aliphatic rings. The van der Waals surface area contributed by atoms with Gasteiger partial charge in [0.1, 0.15) is 0 Å². The molecule has 0 amide bonds. The molecule has 0 aromatic heterocycles. The Morgan fingerprint density at radius 2 is 2.14 bits per heavy atom. The summed E-state index contributed by atoms with van der Waals surface area (Å²) in [4.78, 5) is 0. The van der Waals surface area contributed by atoms with Crippen LogP contribution in [0.5, 0.6) is 0 Å². The molecule has 7 heavy (non-hydrogen) atoms. The highest BCUT2D eigenvalue weighted by Gasteiger charge is 2.31. The number of halogens is 2. The Morgan fingerprint density at radius 1 is 1.71 bits per heavy atom. The van der Waals surface area contributed by atoms with E-state index in [2.05, 4.69) is 11.0 Å². The van der Waals surface area contributed by atoms with Gasteiger partial charge in [0.25, 0.3) is 0 Å². The summed E-state index contributed by atoms with van der Waals surface area (Å²) in [6.45, 7) is 2.89. The quantitative estimate of drug-likeness (QED) is 0.397.